The molecule has 1 rings (SSSR count). The molecule has 0 aliphatic carbocycles. The van der Waals surface area contributed by atoms with Crippen molar-refractivity contribution in [3.05, 3.63) is 27.9 Å². The maximum Gasteiger partial charge on any atom is 0.288 e. The van der Waals surface area contributed by atoms with Crippen LogP contribution in [-0.2, 0) is 6.54 Å². The van der Waals surface area contributed by atoms with E-state index in [2.05, 4.69) is 11.1 Å². The normalized spacial score (nSPS) is 11.1. The lowest BCUT2D eigenvalue weighted by Gasteiger charge is -2.15. The molecule has 0 amide bonds. The molecule has 0 spiro atoms. The highest BCUT2D eigenvalue weighted by Crippen LogP contribution is 2.18. The second kappa shape index (κ2) is 4.45. The van der Waals surface area contributed by atoms with E-state index in [1.54, 1.807) is 6.20 Å². The third-order valence-electron chi connectivity index (χ3n) is 2.15. The van der Waals surface area contributed by atoms with Crippen molar-refractivity contribution >= 4 is 11.6 Å². The van der Waals surface area contributed by atoms with E-state index in [-0.39, 0.29) is 10.7 Å². The first-order valence-electron chi connectivity index (χ1n) is 4.58. The molecule has 1 aromatic heterocycles. The molecule has 0 aliphatic heterocycles. The van der Waals surface area contributed by atoms with Gasteiger partial charge >= 0.3 is 0 Å². The Morgan fingerprint density at radius 1 is 1.67 bits per heavy atom. The SMILES string of the molecule is CC(C)(C#N)CCn1ccnc(Cl)c1=O. The van der Waals surface area contributed by atoms with Gasteiger partial charge in [-0.1, -0.05) is 11.6 Å². The molecule has 0 saturated heterocycles. The summed E-state index contributed by atoms with van der Waals surface area (Å²) in [5.74, 6) is 0. The van der Waals surface area contributed by atoms with Crippen molar-refractivity contribution in [1.29, 1.82) is 5.26 Å². The summed E-state index contributed by atoms with van der Waals surface area (Å²) >= 11 is 5.59. The second-order valence-corrected chi connectivity index (χ2v) is 4.32. The molecule has 0 unspecified atom stereocenters. The third-order valence-corrected chi connectivity index (χ3v) is 2.41. The number of nitrogens with zero attached hydrogens (tertiary/aromatic N) is 3. The van der Waals surface area contributed by atoms with Crippen LogP contribution in [0.25, 0.3) is 0 Å². The maximum absolute atomic E-state index is 11.5. The highest BCUT2D eigenvalue weighted by molar-refractivity contribution is 6.29. The van der Waals surface area contributed by atoms with E-state index < -0.39 is 5.41 Å². The molecule has 0 radical (unpaired) electrons. The molecule has 1 heterocycles. The van der Waals surface area contributed by atoms with Crippen LogP contribution in [0.1, 0.15) is 20.3 Å². The van der Waals surface area contributed by atoms with Crippen LogP contribution >= 0.6 is 11.6 Å². The van der Waals surface area contributed by atoms with Crippen molar-refractivity contribution < 1.29 is 0 Å². The lowest BCUT2D eigenvalue weighted by atomic mass is 9.91. The average Bonchev–Trinajstić information content (AvgIpc) is 2.20. The minimum atomic E-state index is -0.435. The van der Waals surface area contributed by atoms with E-state index in [1.807, 2.05) is 13.8 Å². The topological polar surface area (TPSA) is 58.7 Å². The first-order chi connectivity index (χ1) is 6.96. The smallest absolute Gasteiger partial charge is 0.288 e. The predicted molar refractivity (Wildman–Crippen MR) is 57.5 cm³/mol. The number of aryl methyl sites for hydroxylation is 1. The van der Waals surface area contributed by atoms with Crippen LogP contribution in [0.2, 0.25) is 5.15 Å². The van der Waals surface area contributed by atoms with Crippen LogP contribution in [0.15, 0.2) is 17.2 Å². The molecule has 0 aliphatic rings. The van der Waals surface area contributed by atoms with Gasteiger partial charge in [0.25, 0.3) is 5.56 Å². The average molecular weight is 226 g/mol. The van der Waals surface area contributed by atoms with E-state index in [9.17, 15) is 4.79 Å². The largest absolute Gasteiger partial charge is 0.311 e. The van der Waals surface area contributed by atoms with Gasteiger partial charge in [0.05, 0.1) is 11.5 Å². The Bertz CT molecular complexity index is 445. The Kier molecular flexibility index (Phi) is 3.48. The number of nitriles is 1. The molecule has 0 aromatic carbocycles. The maximum atomic E-state index is 11.5. The first-order valence-corrected chi connectivity index (χ1v) is 4.96. The van der Waals surface area contributed by atoms with Gasteiger partial charge in [-0.2, -0.15) is 5.26 Å². The predicted octanol–water partition coefficient (Wildman–Crippen LogP) is 1.84. The van der Waals surface area contributed by atoms with E-state index in [0.29, 0.717) is 13.0 Å². The van der Waals surface area contributed by atoms with Crippen molar-refractivity contribution in [2.24, 2.45) is 5.41 Å². The number of aromatic nitrogens is 2. The highest BCUT2D eigenvalue weighted by atomic mass is 35.5. The minimum Gasteiger partial charge on any atom is -0.311 e. The van der Waals surface area contributed by atoms with Gasteiger partial charge in [-0.15, -0.1) is 0 Å². The van der Waals surface area contributed by atoms with Crippen molar-refractivity contribution in [3.63, 3.8) is 0 Å². The van der Waals surface area contributed by atoms with Crippen molar-refractivity contribution in [2.45, 2.75) is 26.8 Å². The van der Waals surface area contributed by atoms with Crippen LogP contribution in [0.4, 0.5) is 0 Å². The summed E-state index contributed by atoms with van der Waals surface area (Å²) < 4.78 is 1.47. The summed E-state index contributed by atoms with van der Waals surface area (Å²) in [5, 5.41) is 8.79. The Morgan fingerprint density at radius 2 is 2.33 bits per heavy atom. The monoisotopic (exact) mass is 225 g/mol. The molecule has 80 valence electrons. The zero-order valence-corrected chi connectivity index (χ0v) is 9.45. The van der Waals surface area contributed by atoms with Crippen molar-refractivity contribution in [3.8, 4) is 6.07 Å². The summed E-state index contributed by atoms with van der Waals surface area (Å²) in [7, 11) is 0. The van der Waals surface area contributed by atoms with Gasteiger partial charge in [-0.3, -0.25) is 4.79 Å². The lowest BCUT2D eigenvalue weighted by Crippen LogP contribution is -2.23. The summed E-state index contributed by atoms with van der Waals surface area (Å²) in [6, 6.07) is 2.18. The van der Waals surface area contributed by atoms with Crippen molar-refractivity contribution in [2.75, 3.05) is 0 Å². The number of halogens is 1. The zero-order chi connectivity index (χ0) is 11.5. The molecule has 0 N–H and O–H groups in total. The van der Waals surface area contributed by atoms with Crippen LogP contribution in [0, 0.1) is 16.7 Å². The quantitative estimate of drug-likeness (QED) is 0.789. The Morgan fingerprint density at radius 3 is 2.93 bits per heavy atom. The fraction of sp³-hybridized carbons (Fsp3) is 0.500. The van der Waals surface area contributed by atoms with E-state index in [4.69, 9.17) is 16.9 Å². The van der Waals surface area contributed by atoms with Gasteiger partial charge in [0.15, 0.2) is 5.15 Å². The Hall–Kier alpha value is -1.34. The van der Waals surface area contributed by atoms with Crippen LogP contribution in [0.3, 0.4) is 0 Å². The molecule has 1 aromatic rings. The molecule has 4 nitrogen and oxygen atoms in total. The van der Waals surface area contributed by atoms with E-state index >= 15 is 0 Å². The van der Waals surface area contributed by atoms with Crippen LogP contribution < -0.4 is 5.56 Å². The van der Waals surface area contributed by atoms with Crippen LogP contribution in [-0.4, -0.2) is 9.55 Å². The van der Waals surface area contributed by atoms with Gasteiger partial charge in [0.2, 0.25) is 0 Å². The molecule has 5 heteroatoms. The highest BCUT2D eigenvalue weighted by Gasteiger charge is 2.16. The number of hydrogen-bond donors (Lipinski definition) is 0. The van der Waals surface area contributed by atoms with Gasteiger partial charge in [0, 0.05) is 18.9 Å². The van der Waals surface area contributed by atoms with E-state index in [0.717, 1.165) is 0 Å². The zero-order valence-electron chi connectivity index (χ0n) is 8.70. The summed E-state index contributed by atoms with van der Waals surface area (Å²) in [4.78, 5) is 15.1. The van der Waals surface area contributed by atoms with Gasteiger partial charge in [-0.05, 0) is 20.3 Å². The Balaban J connectivity index is 2.80. The fourth-order valence-electron chi connectivity index (χ4n) is 1.05. The number of hydrogen-bond acceptors (Lipinski definition) is 3. The second-order valence-electron chi connectivity index (χ2n) is 3.96. The lowest BCUT2D eigenvalue weighted by molar-refractivity contribution is 0.409. The molecular weight excluding hydrogens is 214 g/mol. The van der Waals surface area contributed by atoms with Gasteiger partial charge < -0.3 is 4.57 Å². The Labute approximate surface area is 93.1 Å². The standard InChI is InChI=1S/C10H12ClN3O/c1-10(2,7-12)3-5-14-6-4-13-8(11)9(14)15/h4,6H,3,5H2,1-2H3. The fourth-order valence-corrected chi connectivity index (χ4v) is 1.22. The molecular formula is C10H12ClN3O. The van der Waals surface area contributed by atoms with Crippen LogP contribution in [0.5, 0.6) is 0 Å². The van der Waals surface area contributed by atoms with E-state index in [1.165, 1.54) is 10.8 Å². The van der Waals surface area contributed by atoms with Crippen molar-refractivity contribution in [1.82, 2.24) is 9.55 Å². The molecule has 0 bridgehead atoms. The van der Waals surface area contributed by atoms with Gasteiger partial charge in [-0.25, -0.2) is 4.98 Å². The minimum absolute atomic E-state index is 0.0349. The third kappa shape index (κ3) is 3.07. The number of rotatable bonds is 3. The first kappa shape index (κ1) is 11.7. The molecule has 0 fully saturated rings. The molecule has 0 atom stereocenters. The summed E-state index contributed by atoms with van der Waals surface area (Å²) in [6.07, 6.45) is 3.65. The summed E-state index contributed by atoms with van der Waals surface area (Å²) in [5.41, 5.74) is -0.747. The summed E-state index contributed by atoms with van der Waals surface area (Å²) in [6.45, 7) is 4.14. The molecule has 0 saturated carbocycles. The molecule has 15 heavy (non-hydrogen) atoms. The van der Waals surface area contributed by atoms with Gasteiger partial charge in [0.1, 0.15) is 0 Å².